The highest BCUT2D eigenvalue weighted by molar-refractivity contribution is 7.90. The Hall–Kier alpha value is -2.71. The lowest BCUT2D eigenvalue weighted by Crippen LogP contribution is -2.34. The number of carbonyl (C=O) groups excluding carboxylic acids is 2. The van der Waals surface area contributed by atoms with Gasteiger partial charge in [0.25, 0.3) is 15.9 Å². The number of fused-ring (bicyclic) bond motifs is 1. The van der Waals surface area contributed by atoms with E-state index < -0.39 is 15.9 Å². The lowest BCUT2D eigenvalue weighted by Gasteiger charge is -2.27. The number of nitrogens with zero attached hydrogens (tertiary/aromatic N) is 2. The van der Waals surface area contributed by atoms with E-state index in [0.29, 0.717) is 6.54 Å². The molecule has 1 saturated heterocycles. The van der Waals surface area contributed by atoms with E-state index in [1.165, 1.54) is 37.0 Å². The highest BCUT2D eigenvalue weighted by Gasteiger charge is 2.40. The Morgan fingerprint density at radius 3 is 2.35 bits per heavy atom. The van der Waals surface area contributed by atoms with Crippen molar-refractivity contribution < 1.29 is 18.0 Å². The molecule has 2 aromatic rings. The first-order valence-electron chi connectivity index (χ1n) is 10.7. The van der Waals surface area contributed by atoms with E-state index in [0.717, 1.165) is 29.5 Å². The number of benzene rings is 2. The topological polar surface area (TPSA) is 86.8 Å². The SMILES string of the molecule is O=C(CCN1C(=O)c2ccccc2S1(=O)=O)NCc1ccccc1CN1CCCCC1. The Kier molecular flexibility index (Phi) is 6.38. The molecule has 164 valence electrons. The smallest absolute Gasteiger partial charge is 0.269 e. The van der Waals surface area contributed by atoms with Crippen LogP contribution < -0.4 is 5.32 Å². The number of likely N-dealkylation sites (tertiary alicyclic amines) is 1. The lowest BCUT2D eigenvalue weighted by molar-refractivity contribution is -0.121. The third-order valence-corrected chi connectivity index (χ3v) is 7.73. The quantitative estimate of drug-likeness (QED) is 0.714. The van der Waals surface area contributed by atoms with Crippen molar-refractivity contribution in [1.29, 1.82) is 0 Å². The second-order valence-electron chi connectivity index (χ2n) is 8.01. The number of piperidine rings is 1. The molecule has 1 fully saturated rings. The number of sulfonamides is 1. The largest absolute Gasteiger partial charge is 0.352 e. The molecule has 2 aliphatic rings. The van der Waals surface area contributed by atoms with Crippen molar-refractivity contribution in [2.45, 2.75) is 43.7 Å². The van der Waals surface area contributed by atoms with Crippen LogP contribution >= 0.6 is 0 Å². The molecular formula is C23H27N3O4S. The van der Waals surface area contributed by atoms with Gasteiger partial charge in [0.05, 0.1) is 5.56 Å². The summed E-state index contributed by atoms with van der Waals surface area (Å²) in [6, 6.07) is 14.2. The van der Waals surface area contributed by atoms with E-state index in [-0.39, 0.29) is 29.3 Å². The Morgan fingerprint density at radius 1 is 0.935 bits per heavy atom. The summed E-state index contributed by atoms with van der Waals surface area (Å²) in [6.45, 7) is 3.27. The molecular weight excluding hydrogens is 414 g/mol. The van der Waals surface area contributed by atoms with Gasteiger partial charge in [0.2, 0.25) is 5.91 Å². The molecule has 0 radical (unpaired) electrons. The summed E-state index contributed by atoms with van der Waals surface area (Å²) in [7, 11) is -3.88. The molecule has 0 aliphatic carbocycles. The molecule has 7 nitrogen and oxygen atoms in total. The van der Waals surface area contributed by atoms with Crippen LogP contribution in [-0.4, -0.2) is 49.1 Å². The summed E-state index contributed by atoms with van der Waals surface area (Å²) >= 11 is 0. The van der Waals surface area contributed by atoms with Crippen molar-refractivity contribution >= 4 is 21.8 Å². The molecule has 0 bridgehead atoms. The van der Waals surface area contributed by atoms with Crippen molar-refractivity contribution in [3.8, 4) is 0 Å². The minimum atomic E-state index is -3.88. The van der Waals surface area contributed by atoms with Gasteiger partial charge in [-0.1, -0.05) is 42.8 Å². The fraction of sp³-hybridized carbons (Fsp3) is 0.391. The van der Waals surface area contributed by atoms with E-state index in [1.54, 1.807) is 12.1 Å². The van der Waals surface area contributed by atoms with Gasteiger partial charge in [0, 0.05) is 26.1 Å². The van der Waals surface area contributed by atoms with Crippen LogP contribution in [0.15, 0.2) is 53.4 Å². The first-order valence-corrected chi connectivity index (χ1v) is 12.1. The molecule has 2 aliphatic heterocycles. The molecule has 2 aromatic carbocycles. The maximum atomic E-state index is 12.6. The van der Waals surface area contributed by atoms with E-state index in [1.807, 2.05) is 18.2 Å². The first-order chi connectivity index (χ1) is 15.0. The number of amides is 2. The predicted molar refractivity (Wildman–Crippen MR) is 117 cm³/mol. The number of hydrogen-bond acceptors (Lipinski definition) is 5. The van der Waals surface area contributed by atoms with Gasteiger partial charge >= 0.3 is 0 Å². The van der Waals surface area contributed by atoms with E-state index in [2.05, 4.69) is 16.3 Å². The lowest BCUT2D eigenvalue weighted by atomic mass is 10.0. The van der Waals surface area contributed by atoms with Gasteiger partial charge in [-0.25, -0.2) is 12.7 Å². The summed E-state index contributed by atoms with van der Waals surface area (Å²) in [5.74, 6) is -0.859. The molecule has 0 saturated carbocycles. The standard InChI is InChI=1S/C23H27N3O4S/c27-22(12-15-26-23(28)20-10-4-5-11-21(20)31(26,29)30)24-16-18-8-2-3-9-19(18)17-25-13-6-1-7-14-25/h2-5,8-11H,1,6-7,12-17H2,(H,24,27). The van der Waals surface area contributed by atoms with Crippen LogP contribution in [0.3, 0.4) is 0 Å². The molecule has 1 N–H and O–H groups in total. The van der Waals surface area contributed by atoms with Crippen LogP contribution in [-0.2, 0) is 27.9 Å². The molecule has 2 heterocycles. The minimum absolute atomic E-state index is 0.00653. The zero-order valence-corrected chi connectivity index (χ0v) is 18.2. The van der Waals surface area contributed by atoms with Crippen LogP contribution in [0, 0.1) is 0 Å². The summed E-state index contributed by atoms with van der Waals surface area (Å²) < 4.78 is 26.0. The summed E-state index contributed by atoms with van der Waals surface area (Å²) in [6.07, 6.45) is 3.66. The number of carbonyl (C=O) groups is 2. The molecule has 8 heteroatoms. The summed E-state index contributed by atoms with van der Waals surface area (Å²) in [5.41, 5.74) is 2.41. The maximum Gasteiger partial charge on any atom is 0.269 e. The third kappa shape index (κ3) is 4.65. The van der Waals surface area contributed by atoms with Crippen molar-refractivity contribution in [2.24, 2.45) is 0 Å². The van der Waals surface area contributed by atoms with Gasteiger partial charge in [0.15, 0.2) is 0 Å². The van der Waals surface area contributed by atoms with Gasteiger partial charge in [-0.3, -0.25) is 14.5 Å². The molecule has 4 rings (SSSR count). The Labute approximate surface area is 183 Å². The molecule has 0 unspecified atom stereocenters. The Balaban J connectivity index is 1.33. The Bertz CT molecular complexity index is 1080. The average molecular weight is 442 g/mol. The van der Waals surface area contributed by atoms with Crippen LogP contribution in [0.2, 0.25) is 0 Å². The number of hydrogen-bond donors (Lipinski definition) is 1. The average Bonchev–Trinajstić information content (AvgIpc) is 2.98. The maximum absolute atomic E-state index is 12.6. The molecule has 2 amide bonds. The van der Waals surface area contributed by atoms with E-state index >= 15 is 0 Å². The van der Waals surface area contributed by atoms with E-state index in [4.69, 9.17) is 0 Å². The van der Waals surface area contributed by atoms with Gasteiger partial charge < -0.3 is 5.32 Å². The third-order valence-electron chi connectivity index (χ3n) is 5.89. The fourth-order valence-corrected chi connectivity index (χ4v) is 5.75. The molecule has 0 spiro atoms. The van der Waals surface area contributed by atoms with Gasteiger partial charge in [0.1, 0.15) is 4.90 Å². The zero-order valence-electron chi connectivity index (χ0n) is 17.4. The van der Waals surface area contributed by atoms with Crippen LogP contribution in [0.1, 0.15) is 47.2 Å². The molecule has 0 aromatic heterocycles. The second-order valence-corrected chi connectivity index (χ2v) is 9.84. The van der Waals surface area contributed by atoms with Gasteiger partial charge in [-0.05, 0) is 49.2 Å². The van der Waals surface area contributed by atoms with E-state index in [9.17, 15) is 18.0 Å². The number of nitrogens with one attached hydrogen (secondary N) is 1. The first kappa shape index (κ1) is 21.5. The highest BCUT2D eigenvalue weighted by atomic mass is 32.2. The minimum Gasteiger partial charge on any atom is -0.352 e. The summed E-state index contributed by atoms with van der Waals surface area (Å²) in [5, 5.41) is 2.87. The zero-order chi connectivity index (χ0) is 21.8. The van der Waals surface area contributed by atoms with Gasteiger partial charge in [-0.2, -0.15) is 0 Å². The van der Waals surface area contributed by atoms with Crippen molar-refractivity contribution in [2.75, 3.05) is 19.6 Å². The molecule has 31 heavy (non-hydrogen) atoms. The van der Waals surface area contributed by atoms with Gasteiger partial charge in [-0.15, -0.1) is 0 Å². The monoisotopic (exact) mass is 441 g/mol. The van der Waals surface area contributed by atoms with Crippen LogP contribution in [0.25, 0.3) is 0 Å². The highest BCUT2D eigenvalue weighted by Crippen LogP contribution is 2.29. The van der Waals surface area contributed by atoms with Crippen molar-refractivity contribution in [3.63, 3.8) is 0 Å². The normalized spacial score (nSPS) is 18.1. The fourth-order valence-electron chi connectivity index (χ4n) is 4.18. The van der Waals surface area contributed by atoms with Crippen molar-refractivity contribution in [3.05, 3.63) is 65.2 Å². The summed E-state index contributed by atoms with van der Waals surface area (Å²) in [4.78, 5) is 27.3. The van der Waals surface area contributed by atoms with Crippen molar-refractivity contribution in [1.82, 2.24) is 14.5 Å². The second kappa shape index (κ2) is 9.20. The van der Waals surface area contributed by atoms with Crippen LogP contribution in [0.5, 0.6) is 0 Å². The predicted octanol–water partition coefficient (Wildman–Crippen LogP) is 2.52. The Morgan fingerprint density at radius 2 is 1.61 bits per heavy atom. The molecule has 0 atom stereocenters. The van der Waals surface area contributed by atoms with Crippen LogP contribution in [0.4, 0.5) is 0 Å². The number of rotatable bonds is 7.